The summed E-state index contributed by atoms with van der Waals surface area (Å²) in [6.07, 6.45) is 0.0565. The van der Waals surface area contributed by atoms with Crippen molar-refractivity contribution in [1.29, 1.82) is 0 Å². The molecule has 0 amide bonds. The fourth-order valence-electron chi connectivity index (χ4n) is 4.49. The molecule has 160 valence electrons. The van der Waals surface area contributed by atoms with E-state index in [1.165, 1.54) is 13.8 Å². The van der Waals surface area contributed by atoms with Crippen molar-refractivity contribution in [1.82, 2.24) is 0 Å². The third kappa shape index (κ3) is 4.62. The summed E-state index contributed by atoms with van der Waals surface area (Å²) >= 11 is 0. The first-order valence-electron chi connectivity index (χ1n) is 10.2. The Morgan fingerprint density at radius 1 is 1.14 bits per heavy atom. The number of ether oxygens (including phenoxy) is 4. The second-order valence-corrected chi connectivity index (χ2v) is 8.30. The minimum Gasteiger partial charge on any atom is -0.458 e. The van der Waals surface area contributed by atoms with Crippen LogP contribution in [0.15, 0.2) is 12.2 Å². The van der Waals surface area contributed by atoms with Gasteiger partial charge in [0, 0.05) is 11.5 Å². The normalized spacial score (nSPS) is 31.8. The maximum Gasteiger partial charge on any atom is 0.348 e. The minimum absolute atomic E-state index is 0.0794. The number of rotatable bonds is 7. The SMILES string of the molecule is C=C(C)C(=O)OC(CC)C(=O)OC(C)C(=O)OC1C2CC3CC(C2)C(=O)OC1C3. The van der Waals surface area contributed by atoms with E-state index >= 15 is 0 Å². The largest absolute Gasteiger partial charge is 0.458 e. The third-order valence-electron chi connectivity index (χ3n) is 5.95. The summed E-state index contributed by atoms with van der Waals surface area (Å²) in [5.74, 6) is -2.03. The summed E-state index contributed by atoms with van der Waals surface area (Å²) in [7, 11) is 0. The van der Waals surface area contributed by atoms with Gasteiger partial charge in [0.15, 0.2) is 12.2 Å². The Hall–Kier alpha value is -2.38. The average molecular weight is 408 g/mol. The van der Waals surface area contributed by atoms with Gasteiger partial charge in [-0.15, -0.1) is 0 Å². The summed E-state index contributed by atoms with van der Waals surface area (Å²) in [4.78, 5) is 48.6. The van der Waals surface area contributed by atoms with Crippen molar-refractivity contribution in [2.45, 2.75) is 77.3 Å². The molecule has 2 heterocycles. The molecule has 2 aliphatic heterocycles. The molecule has 4 fully saturated rings. The Balaban J connectivity index is 1.57. The quantitative estimate of drug-likeness (QED) is 0.358. The van der Waals surface area contributed by atoms with Gasteiger partial charge in [0.05, 0.1) is 5.92 Å². The summed E-state index contributed by atoms with van der Waals surface area (Å²) in [5, 5.41) is 0. The Morgan fingerprint density at radius 3 is 2.52 bits per heavy atom. The number of fused-ring (bicyclic) bond motifs is 1. The lowest BCUT2D eigenvalue weighted by Crippen LogP contribution is -2.47. The molecule has 2 saturated heterocycles. The van der Waals surface area contributed by atoms with Crippen molar-refractivity contribution in [3.05, 3.63) is 12.2 Å². The predicted octanol–water partition coefficient (Wildman–Crippen LogP) is 2.09. The van der Waals surface area contributed by atoms with Crippen molar-refractivity contribution < 1.29 is 38.1 Å². The zero-order chi connectivity index (χ0) is 21.3. The zero-order valence-electron chi connectivity index (χ0n) is 17.1. The van der Waals surface area contributed by atoms with Crippen molar-refractivity contribution in [3.8, 4) is 0 Å². The molecule has 4 rings (SSSR count). The van der Waals surface area contributed by atoms with Crippen LogP contribution in [0.3, 0.4) is 0 Å². The molecule has 0 aromatic heterocycles. The number of carbonyl (C=O) groups is 4. The summed E-state index contributed by atoms with van der Waals surface area (Å²) in [6, 6.07) is 0. The standard InChI is InChI=1S/C21H28O8/c1-5-15(27-18(22)10(2)3)21(25)26-11(4)19(23)29-17-13-6-12-7-14(9-13)20(24)28-16(17)8-12/h11-17H,2,5-9H2,1,3-4H3. The van der Waals surface area contributed by atoms with Crippen LogP contribution >= 0.6 is 0 Å². The molecule has 2 saturated carbocycles. The van der Waals surface area contributed by atoms with Gasteiger partial charge >= 0.3 is 23.9 Å². The second-order valence-electron chi connectivity index (χ2n) is 8.30. The molecule has 7 unspecified atom stereocenters. The van der Waals surface area contributed by atoms with Crippen LogP contribution < -0.4 is 0 Å². The third-order valence-corrected chi connectivity index (χ3v) is 5.95. The van der Waals surface area contributed by atoms with Crippen molar-refractivity contribution in [2.24, 2.45) is 17.8 Å². The smallest absolute Gasteiger partial charge is 0.348 e. The van der Waals surface area contributed by atoms with Gasteiger partial charge in [0.1, 0.15) is 12.2 Å². The molecule has 4 aliphatic rings. The van der Waals surface area contributed by atoms with Crippen molar-refractivity contribution >= 4 is 23.9 Å². The van der Waals surface area contributed by atoms with Gasteiger partial charge in [0.25, 0.3) is 0 Å². The van der Waals surface area contributed by atoms with Crippen molar-refractivity contribution in [2.75, 3.05) is 0 Å². The molecule has 29 heavy (non-hydrogen) atoms. The van der Waals surface area contributed by atoms with E-state index in [-0.39, 0.29) is 29.8 Å². The van der Waals surface area contributed by atoms with E-state index < -0.39 is 42.3 Å². The van der Waals surface area contributed by atoms with Gasteiger partial charge in [-0.1, -0.05) is 13.5 Å². The average Bonchev–Trinajstić information content (AvgIpc) is 2.83. The lowest BCUT2D eigenvalue weighted by atomic mass is 9.67. The lowest BCUT2D eigenvalue weighted by Gasteiger charge is -2.41. The Kier molecular flexibility index (Phi) is 6.29. The second kappa shape index (κ2) is 8.55. The predicted molar refractivity (Wildman–Crippen MR) is 99.2 cm³/mol. The lowest BCUT2D eigenvalue weighted by molar-refractivity contribution is -0.188. The Bertz CT molecular complexity index is 713. The highest BCUT2D eigenvalue weighted by Gasteiger charge is 2.52. The van der Waals surface area contributed by atoms with E-state index in [9.17, 15) is 19.2 Å². The molecule has 8 heteroatoms. The van der Waals surface area contributed by atoms with E-state index in [0.717, 1.165) is 12.8 Å². The van der Waals surface area contributed by atoms with E-state index in [1.807, 2.05) is 0 Å². The van der Waals surface area contributed by atoms with Crippen LogP contribution in [0.5, 0.6) is 0 Å². The highest BCUT2D eigenvalue weighted by atomic mass is 16.6. The van der Waals surface area contributed by atoms with Crippen molar-refractivity contribution in [3.63, 3.8) is 0 Å². The molecule has 0 spiro atoms. The van der Waals surface area contributed by atoms with Crippen LogP contribution in [0, 0.1) is 17.8 Å². The van der Waals surface area contributed by atoms with Gasteiger partial charge in [-0.2, -0.15) is 0 Å². The van der Waals surface area contributed by atoms with Gasteiger partial charge in [0.2, 0.25) is 0 Å². The van der Waals surface area contributed by atoms with E-state index in [0.29, 0.717) is 18.8 Å². The number of hydrogen-bond donors (Lipinski definition) is 0. The molecule has 0 aromatic rings. The van der Waals surface area contributed by atoms with Gasteiger partial charge in [-0.3, -0.25) is 4.79 Å². The van der Waals surface area contributed by atoms with Crippen LogP contribution in [0.1, 0.15) is 52.9 Å². The summed E-state index contributed by atoms with van der Waals surface area (Å²) in [5.41, 5.74) is 0.163. The van der Waals surface area contributed by atoms with Gasteiger partial charge in [-0.05, 0) is 51.9 Å². The molecule has 0 radical (unpaired) electrons. The van der Waals surface area contributed by atoms with E-state index in [2.05, 4.69) is 6.58 Å². The van der Waals surface area contributed by atoms with E-state index in [1.54, 1.807) is 6.92 Å². The summed E-state index contributed by atoms with van der Waals surface area (Å²) < 4.78 is 21.4. The first-order valence-corrected chi connectivity index (χ1v) is 10.2. The number of hydrogen-bond acceptors (Lipinski definition) is 8. The van der Waals surface area contributed by atoms with Gasteiger partial charge in [-0.25, -0.2) is 14.4 Å². The minimum atomic E-state index is -1.17. The molecule has 8 nitrogen and oxygen atoms in total. The highest BCUT2D eigenvalue weighted by molar-refractivity contribution is 5.90. The Morgan fingerprint density at radius 2 is 1.86 bits per heavy atom. The molecule has 0 aromatic carbocycles. The van der Waals surface area contributed by atoms with Crippen LogP contribution in [-0.2, 0) is 38.1 Å². The van der Waals surface area contributed by atoms with Crippen LogP contribution in [0.4, 0.5) is 0 Å². The molecule has 7 atom stereocenters. The fraction of sp³-hybridized carbons (Fsp3) is 0.714. The zero-order valence-corrected chi connectivity index (χ0v) is 17.1. The number of esters is 4. The molecule has 0 N–H and O–H groups in total. The topological polar surface area (TPSA) is 105 Å². The van der Waals surface area contributed by atoms with E-state index in [4.69, 9.17) is 18.9 Å². The Labute approximate surface area is 169 Å². The van der Waals surface area contributed by atoms with Crippen LogP contribution in [0.2, 0.25) is 0 Å². The fourth-order valence-corrected chi connectivity index (χ4v) is 4.49. The number of carbonyl (C=O) groups excluding carboxylic acids is 4. The molecule has 4 bridgehead atoms. The molecule has 2 aliphatic carbocycles. The summed E-state index contributed by atoms with van der Waals surface area (Å²) in [6.45, 7) is 8.01. The monoisotopic (exact) mass is 408 g/mol. The first kappa shape index (κ1) is 21.3. The molecular weight excluding hydrogens is 380 g/mol. The van der Waals surface area contributed by atoms with Gasteiger partial charge < -0.3 is 18.9 Å². The van der Waals surface area contributed by atoms with Crippen LogP contribution in [0.25, 0.3) is 0 Å². The highest BCUT2D eigenvalue weighted by Crippen LogP contribution is 2.48. The van der Waals surface area contributed by atoms with Crippen LogP contribution in [-0.4, -0.2) is 48.3 Å². The first-order chi connectivity index (χ1) is 13.7. The molecular formula is C21H28O8. The maximum atomic E-state index is 12.5. The maximum absolute atomic E-state index is 12.5.